The average Bonchev–Trinajstić information content (AvgIpc) is 2.64. The number of halogens is 1. The first kappa shape index (κ1) is 14.7. The topological polar surface area (TPSA) is 66.8 Å². The highest BCUT2D eigenvalue weighted by atomic mass is 19.1. The molecule has 7 heteroatoms. The van der Waals surface area contributed by atoms with Gasteiger partial charge in [0.05, 0.1) is 0 Å². The van der Waals surface area contributed by atoms with Crippen molar-refractivity contribution in [3.63, 3.8) is 0 Å². The zero-order valence-corrected chi connectivity index (χ0v) is 13.1. The van der Waals surface area contributed by atoms with Gasteiger partial charge in [-0.2, -0.15) is 9.97 Å². The molecule has 24 heavy (non-hydrogen) atoms. The van der Waals surface area contributed by atoms with E-state index in [4.69, 9.17) is 0 Å². The van der Waals surface area contributed by atoms with Crippen molar-refractivity contribution >= 4 is 28.6 Å². The summed E-state index contributed by atoms with van der Waals surface area (Å²) in [4.78, 5) is 20.0. The third-order valence-corrected chi connectivity index (χ3v) is 4.07. The monoisotopic (exact) mass is 324 g/mol. The van der Waals surface area contributed by atoms with Crippen LogP contribution in [0.2, 0.25) is 0 Å². The Kier molecular flexibility index (Phi) is 3.90. The highest BCUT2D eigenvalue weighted by Crippen LogP contribution is 2.26. The van der Waals surface area contributed by atoms with Crippen LogP contribution in [0.25, 0.3) is 11.2 Å². The Bertz CT molecular complexity index is 845. The molecule has 1 aliphatic rings. The Morgan fingerprint density at radius 1 is 0.917 bits per heavy atom. The lowest BCUT2D eigenvalue weighted by atomic mass is 10.1. The Hall–Kier alpha value is -2.83. The summed E-state index contributed by atoms with van der Waals surface area (Å²) in [5, 5.41) is 3.12. The van der Waals surface area contributed by atoms with Crippen LogP contribution in [0.3, 0.4) is 0 Å². The first-order valence-corrected chi connectivity index (χ1v) is 8.06. The molecule has 6 nitrogen and oxygen atoms in total. The van der Waals surface area contributed by atoms with E-state index in [1.165, 1.54) is 18.6 Å². The summed E-state index contributed by atoms with van der Waals surface area (Å²) in [5.41, 5.74) is 1.99. The van der Waals surface area contributed by atoms with Crippen LogP contribution in [0, 0.1) is 5.82 Å². The minimum atomic E-state index is -0.278. The van der Waals surface area contributed by atoms with E-state index in [1.54, 1.807) is 24.5 Å². The summed E-state index contributed by atoms with van der Waals surface area (Å²) in [6.45, 7) is 1.91. The first-order valence-electron chi connectivity index (χ1n) is 8.06. The zero-order valence-electron chi connectivity index (χ0n) is 13.1. The molecule has 0 radical (unpaired) electrons. The number of nitrogens with zero attached hydrogens (tertiary/aromatic N) is 5. The molecule has 0 bridgehead atoms. The van der Waals surface area contributed by atoms with Gasteiger partial charge in [-0.1, -0.05) is 0 Å². The van der Waals surface area contributed by atoms with Gasteiger partial charge in [-0.3, -0.25) is 0 Å². The van der Waals surface area contributed by atoms with Crippen LogP contribution in [-0.2, 0) is 0 Å². The van der Waals surface area contributed by atoms with E-state index in [0.717, 1.165) is 37.4 Å². The van der Waals surface area contributed by atoms with E-state index in [9.17, 15) is 4.39 Å². The summed E-state index contributed by atoms with van der Waals surface area (Å²) in [5.74, 6) is 0.965. The lowest BCUT2D eigenvalue weighted by Crippen LogP contribution is -2.30. The molecule has 1 saturated heterocycles. The number of rotatable bonds is 3. The van der Waals surface area contributed by atoms with Gasteiger partial charge >= 0.3 is 0 Å². The van der Waals surface area contributed by atoms with Crippen LogP contribution in [0.5, 0.6) is 0 Å². The molecule has 2 aromatic heterocycles. The molecule has 0 atom stereocenters. The lowest BCUT2D eigenvalue weighted by Gasteiger charge is -2.28. The molecule has 0 spiro atoms. The molecular weight excluding hydrogens is 307 g/mol. The minimum Gasteiger partial charge on any atom is -0.355 e. The molecule has 0 amide bonds. The average molecular weight is 324 g/mol. The maximum absolute atomic E-state index is 13.1. The van der Waals surface area contributed by atoms with E-state index in [-0.39, 0.29) is 5.82 Å². The smallest absolute Gasteiger partial charge is 0.231 e. The predicted molar refractivity (Wildman–Crippen MR) is 90.9 cm³/mol. The molecule has 1 N–H and O–H groups in total. The SMILES string of the molecule is Fc1ccc(Nc2nc(N3CCCCC3)c3nccnc3n2)cc1. The summed E-state index contributed by atoms with van der Waals surface area (Å²) in [7, 11) is 0. The molecule has 122 valence electrons. The number of nitrogens with one attached hydrogen (secondary N) is 1. The van der Waals surface area contributed by atoms with Crippen LogP contribution in [-0.4, -0.2) is 33.0 Å². The normalized spacial score (nSPS) is 14.8. The maximum Gasteiger partial charge on any atom is 0.231 e. The quantitative estimate of drug-likeness (QED) is 0.797. The molecule has 1 aliphatic heterocycles. The maximum atomic E-state index is 13.1. The van der Waals surface area contributed by atoms with Crippen molar-refractivity contribution in [2.24, 2.45) is 0 Å². The third kappa shape index (κ3) is 2.97. The van der Waals surface area contributed by atoms with Crippen molar-refractivity contribution in [3.8, 4) is 0 Å². The van der Waals surface area contributed by atoms with Gasteiger partial charge in [0.15, 0.2) is 17.0 Å². The van der Waals surface area contributed by atoms with E-state index in [0.29, 0.717) is 17.1 Å². The van der Waals surface area contributed by atoms with E-state index in [2.05, 4.69) is 30.2 Å². The van der Waals surface area contributed by atoms with E-state index >= 15 is 0 Å². The molecule has 0 unspecified atom stereocenters. The van der Waals surface area contributed by atoms with Crippen LogP contribution < -0.4 is 10.2 Å². The van der Waals surface area contributed by atoms with Crippen molar-refractivity contribution in [1.82, 2.24) is 19.9 Å². The molecule has 3 aromatic rings. The lowest BCUT2D eigenvalue weighted by molar-refractivity contribution is 0.574. The Balaban J connectivity index is 1.74. The second kappa shape index (κ2) is 6.35. The number of hydrogen-bond acceptors (Lipinski definition) is 6. The van der Waals surface area contributed by atoms with Crippen LogP contribution >= 0.6 is 0 Å². The van der Waals surface area contributed by atoms with Gasteiger partial charge in [-0.25, -0.2) is 14.4 Å². The van der Waals surface area contributed by atoms with Crippen LogP contribution in [0.1, 0.15) is 19.3 Å². The second-order valence-corrected chi connectivity index (χ2v) is 5.78. The van der Waals surface area contributed by atoms with E-state index < -0.39 is 0 Å². The van der Waals surface area contributed by atoms with Gasteiger partial charge in [-0.15, -0.1) is 0 Å². The Labute approximate surface area is 138 Å². The van der Waals surface area contributed by atoms with Crippen molar-refractivity contribution < 1.29 is 4.39 Å². The highest BCUT2D eigenvalue weighted by molar-refractivity contribution is 5.84. The van der Waals surface area contributed by atoms with Crippen LogP contribution in [0.4, 0.5) is 21.8 Å². The third-order valence-electron chi connectivity index (χ3n) is 4.07. The summed E-state index contributed by atoms with van der Waals surface area (Å²) >= 11 is 0. The molecule has 1 fully saturated rings. The largest absolute Gasteiger partial charge is 0.355 e. The van der Waals surface area contributed by atoms with Crippen LogP contribution in [0.15, 0.2) is 36.7 Å². The molecule has 0 saturated carbocycles. The van der Waals surface area contributed by atoms with Gasteiger partial charge in [-0.05, 0) is 43.5 Å². The molecule has 3 heterocycles. The molecular formula is C17H17FN6. The van der Waals surface area contributed by atoms with Crippen molar-refractivity contribution in [2.75, 3.05) is 23.3 Å². The number of benzene rings is 1. The number of aromatic nitrogens is 4. The second-order valence-electron chi connectivity index (χ2n) is 5.78. The molecule has 4 rings (SSSR count). The van der Waals surface area contributed by atoms with Gasteiger partial charge in [0, 0.05) is 31.2 Å². The fourth-order valence-electron chi connectivity index (χ4n) is 2.89. The highest BCUT2D eigenvalue weighted by Gasteiger charge is 2.18. The predicted octanol–water partition coefficient (Wildman–Crippen LogP) is 3.29. The number of fused-ring (bicyclic) bond motifs is 1. The van der Waals surface area contributed by atoms with E-state index in [1.807, 2.05) is 0 Å². The standard InChI is InChI=1S/C17H17FN6/c18-12-4-6-13(7-5-12)21-17-22-15-14(19-8-9-20-15)16(23-17)24-10-2-1-3-11-24/h4-9H,1-3,10-11H2,(H,20,21,22,23). The van der Waals surface area contributed by atoms with Crippen molar-refractivity contribution in [1.29, 1.82) is 0 Å². The molecule has 1 aromatic carbocycles. The van der Waals surface area contributed by atoms with Gasteiger partial charge in [0.1, 0.15) is 5.82 Å². The molecule has 0 aliphatic carbocycles. The Morgan fingerprint density at radius 3 is 2.46 bits per heavy atom. The number of anilines is 3. The number of hydrogen-bond donors (Lipinski definition) is 1. The minimum absolute atomic E-state index is 0.278. The summed E-state index contributed by atoms with van der Waals surface area (Å²) < 4.78 is 13.1. The van der Waals surface area contributed by atoms with Gasteiger partial charge in [0.25, 0.3) is 0 Å². The fourth-order valence-corrected chi connectivity index (χ4v) is 2.89. The van der Waals surface area contributed by atoms with Crippen molar-refractivity contribution in [3.05, 3.63) is 42.5 Å². The number of piperidine rings is 1. The summed E-state index contributed by atoms with van der Waals surface area (Å²) in [6, 6.07) is 6.10. The van der Waals surface area contributed by atoms with Crippen molar-refractivity contribution in [2.45, 2.75) is 19.3 Å². The zero-order chi connectivity index (χ0) is 16.4. The summed E-state index contributed by atoms with van der Waals surface area (Å²) in [6.07, 6.45) is 6.81. The van der Waals surface area contributed by atoms with Gasteiger partial charge < -0.3 is 10.2 Å². The fraction of sp³-hybridized carbons (Fsp3) is 0.294. The Morgan fingerprint density at radius 2 is 1.67 bits per heavy atom. The first-order chi connectivity index (χ1) is 11.8. The van der Waals surface area contributed by atoms with Gasteiger partial charge in [0.2, 0.25) is 5.95 Å².